The second-order valence-corrected chi connectivity index (χ2v) is 8.21. The molecule has 2 aromatic rings. The van der Waals surface area contributed by atoms with E-state index in [9.17, 15) is 9.59 Å². The van der Waals surface area contributed by atoms with Crippen molar-refractivity contribution < 1.29 is 19.1 Å². The number of nitrogens with zero attached hydrogens (tertiary/aromatic N) is 1. The highest BCUT2D eigenvalue weighted by Gasteiger charge is 2.33. The number of thiocarbonyl (C=S) groups is 1. The maximum absolute atomic E-state index is 12.9. The Morgan fingerprint density at radius 3 is 2.75 bits per heavy atom. The van der Waals surface area contributed by atoms with Gasteiger partial charge in [-0.25, -0.2) is 4.79 Å². The molecular weight excluding hydrogens is 462 g/mol. The molecule has 0 N–H and O–H groups in total. The molecule has 0 bridgehead atoms. The first-order chi connectivity index (χ1) is 13.4. The van der Waals surface area contributed by atoms with Gasteiger partial charge in [0.1, 0.15) is 5.75 Å². The van der Waals surface area contributed by atoms with Crippen molar-refractivity contribution >= 4 is 67.9 Å². The topological polar surface area (TPSA) is 55.8 Å². The lowest BCUT2D eigenvalue weighted by molar-refractivity contribution is -0.113. The number of halogens is 1. The fourth-order valence-corrected chi connectivity index (χ4v) is 4.46. The van der Waals surface area contributed by atoms with E-state index in [4.69, 9.17) is 21.7 Å². The summed E-state index contributed by atoms with van der Waals surface area (Å²) in [6.07, 6.45) is 1.78. The first-order valence-corrected chi connectivity index (χ1v) is 10.3. The molecule has 1 fully saturated rings. The van der Waals surface area contributed by atoms with E-state index >= 15 is 0 Å². The number of anilines is 1. The van der Waals surface area contributed by atoms with Crippen molar-refractivity contribution in [3.8, 4) is 5.75 Å². The molecule has 1 amide bonds. The van der Waals surface area contributed by atoms with Gasteiger partial charge in [-0.15, -0.1) is 0 Å². The maximum Gasteiger partial charge on any atom is 0.338 e. The molecule has 3 rings (SSSR count). The van der Waals surface area contributed by atoms with E-state index in [1.54, 1.807) is 44.4 Å². The highest BCUT2D eigenvalue weighted by molar-refractivity contribution is 9.10. The number of hydrogen-bond donors (Lipinski definition) is 0. The molecule has 28 heavy (non-hydrogen) atoms. The summed E-state index contributed by atoms with van der Waals surface area (Å²) in [6.45, 7) is 2.02. The molecule has 5 nitrogen and oxygen atoms in total. The SMILES string of the molecule is CCOC(=O)c1cccc(N2C(=O)/C(=C\c3ccc(OC)c(Br)c3)SC2=S)c1. The Balaban J connectivity index is 1.89. The Bertz CT molecular complexity index is 990. The third-order valence-electron chi connectivity index (χ3n) is 3.88. The molecule has 0 atom stereocenters. The van der Waals surface area contributed by atoms with Gasteiger partial charge in [0.2, 0.25) is 0 Å². The van der Waals surface area contributed by atoms with Crippen LogP contribution in [0.15, 0.2) is 51.8 Å². The predicted octanol–water partition coefficient (Wildman–Crippen LogP) is 5.04. The van der Waals surface area contributed by atoms with Crippen molar-refractivity contribution in [1.29, 1.82) is 0 Å². The van der Waals surface area contributed by atoms with E-state index in [2.05, 4.69) is 15.9 Å². The number of esters is 1. The zero-order valence-corrected chi connectivity index (χ0v) is 18.3. The van der Waals surface area contributed by atoms with Gasteiger partial charge in [0.05, 0.1) is 34.3 Å². The summed E-state index contributed by atoms with van der Waals surface area (Å²) in [6, 6.07) is 12.2. The molecule has 1 aliphatic rings. The van der Waals surface area contributed by atoms with Gasteiger partial charge in [0, 0.05) is 0 Å². The highest BCUT2D eigenvalue weighted by atomic mass is 79.9. The Labute approximate surface area is 180 Å². The largest absolute Gasteiger partial charge is 0.496 e. The van der Waals surface area contributed by atoms with E-state index in [1.807, 2.05) is 18.2 Å². The van der Waals surface area contributed by atoms with E-state index in [0.717, 1.165) is 10.0 Å². The van der Waals surface area contributed by atoms with Crippen LogP contribution in [0.5, 0.6) is 5.75 Å². The van der Waals surface area contributed by atoms with Crippen molar-refractivity contribution in [3.63, 3.8) is 0 Å². The number of thioether (sulfide) groups is 1. The van der Waals surface area contributed by atoms with Crippen molar-refractivity contribution in [2.24, 2.45) is 0 Å². The van der Waals surface area contributed by atoms with Crippen LogP contribution in [0.1, 0.15) is 22.8 Å². The number of benzene rings is 2. The number of amides is 1. The molecule has 0 spiro atoms. The fourth-order valence-electron chi connectivity index (χ4n) is 2.60. The number of ether oxygens (including phenoxy) is 2. The quantitative estimate of drug-likeness (QED) is 0.341. The molecular formula is C20H16BrNO4S2. The number of rotatable bonds is 5. The van der Waals surface area contributed by atoms with Gasteiger partial charge in [0.25, 0.3) is 5.91 Å². The van der Waals surface area contributed by atoms with Crippen LogP contribution in [0.25, 0.3) is 6.08 Å². The molecule has 8 heteroatoms. The Kier molecular flexibility index (Phi) is 6.53. The Hall–Kier alpha value is -2.16. The monoisotopic (exact) mass is 477 g/mol. The molecule has 0 aromatic heterocycles. The molecule has 1 saturated heterocycles. The van der Waals surface area contributed by atoms with Crippen molar-refractivity contribution in [2.75, 3.05) is 18.6 Å². The van der Waals surface area contributed by atoms with Crippen LogP contribution >= 0.6 is 39.9 Å². The standard InChI is InChI=1S/C20H16BrNO4S2/c1-3-26-19(24)13-5-4-6-14(11-13)22-18(23)17(28-20(22)27)10-12-7-8-16(25-2)15(21)9-12/h4-11H,3H2,1-2H3/b17-10+. The molecule has 0 saturated carbocycles. The molecule has 1 aliphatic heterocycles. The zero-order chi connectivity index (χ0) is 20.3. The van der Waals surface area contributed by atoms with E-state index in [0.29, 0.717) is 26.2 Å². The van der Waals surface area contributed by atoms with Crippen LogP contribution in [-0.4, -0.2) is 29.9 Å². The van der Waals surface area contributed by atoms with Crippen molar-refractivity contribution in [3.05, 3.63) is 63.0 Å². The summed E-state index contributed by atoms with van der Waals surface area (Å²) in [5.41, 5.74) is 1.75. The second kappa shape index (κ2) is 8.89. The van der Waals surface area contributed by atoms with Crippen molar-refractivity contribution in [2.45, 2.75) is 6.92 Å². The normalized spacial score (nSPS) is 15.2. The lowest BCUT2D eigenvalue weighted by Crippen LogP contribution is -2.27. The predicted molar refractivity (Wildman–Crippen MR) is 119 cm³/mol. The minimum Gasteiger partial charge on any atom is -0.496 e. The Morgan fingerprint density at radius 2 is 2.07 bits per heavy atom. The minimum absolute atomic E-state index is 0.233. The summed E-state index contributed by atoms with van der Waals surface area (Å²) in [7, 11) is 1.59. The van der Waals surface area contributed by atoms with Gasteiger partial charge in [0.15, 0.2) is 4.32 Å². The van der Waals surface area contributed by atoms with Gasteiger partial charge in [-0.2, -0.15) is 0 Å². The van der Waals surface area contributed by atoms with Gasteiger partial charge in [-0.05, 0) is 64.8 Å². The molecule has 1 heterocycles. The van der Waals surface area contributed by atoms with Crippen LogP contribution in [-0.2, 0) is 9.53 Å². The van der Waals surface area contributed by atoms with Crippen LogP contribution in [0, 0.1) is 0 Å². The molecule has 0 radical (unpaired) electrons. The number of methoxy groups -OCH3 is 1. The van der Waals surface area contributed by atoms with Gasteiger partial charge in [-0.1, -0.05) is 36.1 Å². The highest BCUT2D eigenvalue weighted by Crippen LogP contribution is 2.37. The molecule has 0 aliphatic carbocycles. The zero-order valence-electron chi connectivity index (χ0n) is 15.1. The van der Waals surface area contributed by atoms with Crippen LogP contribution < -0.4 is 9.64 Å². The Morgan fingerprint density at radius 1 is 1.29 bits per heavy atom. The lowest BCUT2D eigenvalue weighted by atomic mass is 10.1. The minimum atomic E-state index is -0.437. The maximum atomic E-state index is 12.9. The summed E-state index contributed by atoms with van der Waals surface area (Å²) < 4.78 is 11.4. The average molecular weight is 478 g/mol. The number of carbonyl (C=O) groups is 2. The summed E-state index contributed by atoms with van der Waals surface area (Å²) >= 11 is 10.1. The van der Waals surface area contributed by atoms with E-state index < -0.39 is 5.97 Å². The number of carbonyl (C=O) groups excluding carboxylic acids is 2. The second-order valence-electron chi connectivity index (χ2n) is 5.68. The molecule has 0 unspecified atom stereocenters. The van der Waals surface area contributed by atoms with Gasteiger partial charge in [-0.3, -0.25) is 9.69 Å². The van der Waals surface area contributed by atoms with E-state index in [-0.39, 0.29) is 12.5 Å². The summed E-state index contributed by atoms with van der Waals surface area (Å²) in [5, 5.41) is 0. The number of hydrogen-bond acceptors (Lipinski definition) is 6. The van der Waals surface area contributed by atoms with Crippen molar-refractivity contribution in [1.82, 2.24) is 0 Å². The van der Waals surface area contributed by atoms with Gasteiger partial charge < -0.3 is 9.47 Å². The first-order valence-electron chi connectivity index (χ1n) is 8.33. The van der Waals surface area contributed by atoms with Crippen LogP contribution in [0.4, 0.5) is 5.69 Å². The van der Waals surface area contributed by atoms with Crippen LogP contribution in [0.3, 0.4) is 0 Å². The average Bonchev–Trinajstić information content (AvgIpc) is 2.95. The molecule has 2 aromatic carbocycles. The third-order valence-corrected chi connectivity index (χ3v) is 5.80. The van der Waals surface area contributed by atoms with Gasteiger partial charge >= 0.3 is 5.97 Å². The van der Waals surface area contributed by atoms with E-state index in [1.165, 1.54) is 16.7 Å². The molecule has 144 valence electrons. The summed E-state index contributed by atoms with van der Waals surface area (Å²) in [5.74, 6) is 0.0387. The fraction of sp³-hybridized carbons (Fsp3) is 0.150. The summed E-state index contributed by atoms with van der Waals surface area (Å²) in [4.78, 5) is 26.8. The van der Waals surface area contributed by atoms with Crippen LogP contribution in [0.2, 0.25) is 0 Å². The smallest absolute Gasteiger partial charge is 0.338 e. The first kappa shape index (κ1) is 20.6. The third kappa shape index (κ3) is 4.29. The lowest BCUT2D eigenvalue weighted by Gasteiger charge is -2.15.